The molecule has 1 aliphatic rings. The molecule has 2 heterocycles. The zero-order valence-corrected chi connectivity index (χ0v) is 12.0. The van der Waals surface area contributed by atoms with Gasteiger partial charge in [-0.25, -0.2) is 0 Å². The maximum atomic E-state index is 12.6. The normalized spacial score (nSPS) is 22.8. The van der Waals surface area contributed by atoms with Gasteiger partial charge in [0.2, 0.25) is 0 Å². The number of hydrogen-bond donors (Lipinski definition) is 1. The molecule has 102 valence electrons. The first kappa shape index (κ1) is 14.1. The number of rotatable bonds is 1. The summed E-state index contributed by atoms with van der Waals surface area (Å²) in [6, 6.07) is 1.97. The van der Waals surface area contributed by atoms with Crippen molar-refractivity contribution in [3.8, 4) is 11.8 Å². The molecular weight excluding hydrogens is 260 g/mol. The highest BCUT2D eigenvalue weighted by atomic mass is 32.1. The quantitative estimate of drug-likeness (QED) is 0.788. The van der Waals surface area contributed by atoms with Crippen molar-refractivity contribution in [3.63, 3.8) is 0 Å². The van der Waals surface area contributed by atoms with E-state index in [1.54, 1.807) is 0 Å². The maximum absolute atomic E-state index is 12.6. The van der Waals surface area contributed by atoms with Crippen LogP contribution in [0.2, 0.25) is 0 Å². The van der Waals surface area contributed by atoms with Crippen LogP contribution in [0, 0.1) is 11.8 Å². The summed E-state index contributed by atoms with van der Waals surface area (Å²) in [5.41, 5.74) is 6.14. The van der Waals surface area contributed by atoms with Gasteiger partial charge in [0.05, 0.1) is 25.3 Å². The molecule has 0 saturated carbocycles. The van der Waals surface area contributed by atoms with Crippen LogP contribution in [-0.4, -0.2) is 42.6 Å². The first-order chi connectivity index (χ1) is 9.13. The third-order valence-corrected chi connectivity index (χ3v) is 3.96. The van der Waals surface area contributed by atoms with E-state index in [1.165, 1.54) is 11.3 Å². The number of nitrogens with two attached hydrogens (primary N) is 1. The monoisotopic (exact) mass is 278 g/mol. The fourth-order valence-corrected chi connectivity index (χ4v) is 2.84. The van der Waals surface area contributed by atoms with Gasteiger partial charge in [-0.3, -0.25) is 4.79 Å². The zero-order valence-electron chi connectivity index (χ0n) is 11.2. The first-order valence-electron chi connectivity index (χ1n) is 6.32. The average molecular weight is 278 g/mol. The Hall–Kier alpha value is -1.35. The van der Waals surface area contributed by atoms with Crippen LogP contribution in [0.4, 0.5) is 0 Å². The lowest BCUT2D eigenvalue weighted by molar-refractivity contribution is -0.0385. The van der Waals surface area contributed by atoms with Crippen molar-refractivity contribution in [2.45, 2.75) is 26.0 Å². The summed E-state index contributed by atoms with van der Waals surface area (Å²) in [4.78, 5) is 15.1. The number of nitrogens with zero attached hydrogens (tertiary/aromatic N) is 1. The number of morpholine rings is 1. The van der Waals surface area contributed by atoms with E-state index in [1.807, 2.05) is 30.2 Å². The van der Waals surface area contributed by atoms with Gasteiger partial charge >= 0.3 is 0 Å². The van der Waals surface area contributed by atoms with Crippen LogP contribution in [0.25, 0.3) is 0 Å². The van der Waals surface area contributed by atoms with E-state index in [0.29, 0.717) is 24.6 Å². The van der Waals surface area contributed by atoms with Gasteiger partial charge in [0, 0.05) is 12.1 Å². The second-order valence-corrected chi connectivity index (χ2v) is 5.54. The second kappa shape index (κ2) is 6.20. The van der Waals surface area contributed by atoms with Crippen LogP contribution in [0.3, 0.4) is 0 Å². The van der Waals surface area contributed by atoms with Crippen LogP contribution in [0.15, 0.2) is 11.4 Å². The van der Waals surface area contributed by atoms with Crippen molar-refractivity contribution >= 4 is 17.2 Å². The molecule has 1 fully saturated rings. The van der Waals surface area contributed by atoms with Crippen LogP contribution in [0.1, 0.15) is 29.1 Å². The lowest BCUT2D eigenvalue weighted by Crippen LogP contribution is -2.50. The predicted molar refractivity (Wildman–Crippen MR) is 76.2 cm³/mol. The zero-order chi connectivity index (χ0) is 13.8. The molecule has 0 radical (unpaired) electrons. The van der Waals surface area contributed by atoms with E-state index in [-0.39, 0.29) is 18.1 Å². The molecule has 5 heteroatoms. The topological polar surface area (TPSA) is 55.6 Å². The summed E-state index contributed by atoms with van der Waals surface area (Å²) in [7, 11) is 0. The fraction of sp³-hybridized carbons (Fsp3) is 0.500. The molecule has 19 heavy (non-hydrogen) atoms. The van der Waals surface area contributed by atoms with E-state index in [9.17, 15) is 4.79 Å². The van der Waals surface area contributed by atoms with Gasteiger partial charge in [0.25, 0.3) is 5.91 Å². The molecule has 1 aromatic rings. The van der Waals surface area contributed by atoms with Gasteiger partial charge < -0.3 is 15.4 Å². The first-order valence-corrected chi connectivity index (χ1v) is 7.20. The lowest BCUT2D eigenvalue weighted by atomic mass is 10.1. The minimum Gasteiger partial charge on any atom is -0.375 e. The Morgan fingerprint density at radius 2 is 2.42 bits per heavy atom. The predicted octanol–water partition coefficient (Wildman–Crippen LogP) is 1.31. The molecule has 2 N–H and O–H groups in total. The number of hydrogen-bond acceptors (Lipinski definition) is 4. The molecule has 2 atom stereocenters. The third kappa shape index (κ3) is 3.16. The standard InChI is InChI=1S/C14H18N2O2S/c1-10-9-18-11(2)8-16(10)14(17)13-12(4-3-6-15)5-7-19-13/h5,7,10-11H,6,8-9,15H2,1-2H3. The SMILES string of the molecule is CC1CN(C(=O)c2sccc2C#CCN)C(C)CO1. The van der Waals surface area contributed by atoms with Crippen LogP contribution in [-0.2, 0) is 4.74 Å². The Morgan fingerprint density at radius 3 is 3.16 bits per heavy atom. The molecule has 0 spiro atoms. The van der Waals surface area contributed by atoms with Crippen molar-refractivity contribution < 1.29 is 9.53 Å². The van der Waals surface area contributed by atoms with Crippen molar-refractivity contribution in [3.05, 3.63) is 21.9 Å². The van der Waals surface area contributed by atoms with Crippen molar-refractivity contribution in [1.29, 1.82) is 0 Å². The molecule has 2 unspecified atom stereocenters. The summed E-state index contributed by atoms with van der Waals surface area (Å²) in [5.74, 6) is 5.79. The smallest absolute Gasteiger partial charge is 0.265 e. The molecule has 1 aliphatic heterocycles. The lowest BCUT2D eigenvalue weighted by Gasteiger charge is -2.36. The minimum atomic E-state index is 0.0407. The van der Waals surface area contributed by atoms with E-state index >= 15 is 0 Å². The summed E-state index contributed by atoms with van der Waals surface area (Å²) >= 11 is 1.43. The van der Waals surface area contributed by atoms with Crippen molar-refractivity contribution in [1.82, 2.24) is 4.90 Å². The summed E-state index contributed by atoms with van der Waals surface area (Å²) in [6.07, 6.45) is 0.0821. The Balaban J connectivity index is 2.21. The molecule has 4 nitrogen and oxygen atoms in total. The molecule has 0 aromatic carbocycles. The number of carbonyl (C=O) groups excluding carboxylic acids is 1. The van der Waals surface area contributed by atoms with Gasteiger partial charge in [-0.05, 0) is 25.3 Å². The molecular formula is C14H18N2O2S. The number of carbonyl (C=O) groups is 1. The summed E-state index contributed by atoms with van der Waals surface area (Å²) in [6.45, 7) is 5.50. The van der Waals surface area contributed by atoms with Gasteiger partial charge in [-0.1, -0.05) is 11.8 Å². The number of thiophene rings is 1. The van der Waals surface area contributed by atoms with Crippen molar-refractivity contribution in [2.75, 3.05) is 19.7 Å². The molecule has 1 amide bonds. The van der Waals surface area contributed by atoms with E-state index in [4.69, 9.17) is 10.5 Å². The van der Waals surface area contributed by atoms with Crippen LogP contribution in [0.5, 0.6) is 0 Å². The highest BCUT2D eigenvalue weighted by Gasteiger charge is 2.29. The molecule has 0 bridgehead atoms. The fourth-order valence-electron chi connectivity index (χ4n) is 2.04. The van der Waals surface area contributed by atoms with E-state index < -0.39 is 0 Å². The molecule has 2 rings (SSSR count). The second-order valence-electron chi connectivity index (χ2n) is 4.62. The Bertz CT molecular complexity index is 515. The maximum Gasteiger partial charge on any atom is 0.265 e. The van der Waals surface area contributed by atoms with Gasteiger partial charge in [-0.2, -0.15) is 0 Å². The largest absolute Gasteiger partial charge is 0.375 e. The van der Waals surface area contributed by atoms with Crippen LogP contribution < -0.4 is 5.73 Å². The van der Waals surface area contributed by atoms with Crippen LogP contribution >= 0.6 is 11.3 Å². The summed E-state index contributed by atoms with van der Waals surface area (Å²) in [5, 5.41) is 1.89. The average Bonchev–Trinajstić information content (AvgIpc) is 2.86. The third-order valence-electron chi connectivity index (χ3n) is 3.05. The highest BCUT2D eigenvalue weighted by molar-refractivity contribution is 7.12. The van der Waals surface area contributed by atoms with E-state index in [2.05, 4.69) is 11.8 Å². The Kier molecular flexibility index (Phi) is 4.59. The van der Waals surface area contributed by atoms with Crippen molar-refractivity contribution in [2.24, 2.45) is 5.73 Å². The Labute approximate surface area is 117 Å². The number of ether oxygens (including phenoxy) is 1. The molecule has 1 aromatic heterocycles. The van der Waals surface area contributed by atoms with Gasteiger partial charge in [0.1, 0.15) is 4.88 Å². The molecule has 0 aliphatic carbocycles. The minimum absolute atomic E-state index is 0.0407. The Morgan fingerprint density at radius 1 is 1.63 bits per heavy atom. The van der Waals surface area contributed by atoms with Gasteiger partial charge in [-0.15, -0.1) is 11.3 Å². The molecule has 1 saturated heterocycles. The number of amides is 1. The summed E-state index contributed by atoms with van der Waals surface area (Å²) < 4.78 is 5.55. The van der Waals surface area contributed by atoms with Gasteiger partial charge in [0.15, 0.2) is 0 Å². The highest BCUT2D eigenvalue weighted by Crippen LogP contribution is 2.21. The van der Waals surface area contributed by atoms with E-state index in [0.717, 1.165) is 5.56 Å².